The lowest BCUT2D eigenvalue weighted by Gasteiger charge is -2.20. The SMILES string of the molecule is Cc1ccc(C)c(OCCOc2ccc(/C=C3/C(=N)N4N=C(C(C)C)SC4=NC3=O)cc2)c1. The van der Waals surface area contributed by atoms with Crippen LogP contribution in [-0.4, -0.2) is 40.2 Å². The average Bonchev–Trinajstić information content (AvgIpc) is 3.22. The maximum absolute atomic E-state index is 12.5. The van der Waals surface area contributed by atoms with Gasteiger partial charge in [0.2, 0.25) is 5.17 Å². The molecule has 0 spiro atoms. The number of carbonyl (C=O) groups excluding carboxylic acids is 1. The van der Waals surface area contributed by atoms with Gasteiger partial charge in [-0.25, -0.2) is 0 Å². The van der Waals surface area contributed by atoms with Crippen molar-refractivity contribution in [3.8, 4) is 11.5 Å². The van der Waals surface area contributed by atoms with Crippen LogP contribution in [0.5, 0.6) is 11.5 Å². The Morgan fingerprint density at radius 2 is 1.82 bits per heavy atom. The maximum atomic E-state index is 12.5. The van der Waals surface area contributed by atoms with E-state index in [2.05, 4.69) is 16.2 Å². The van der Waals surface area contributed by atoms with Crippen molar-refractivity contribution < 1.29 is 14.3 Å². The molecule has 0 bridgehead atoms. The normalized spacial score (nSPS) is 16.8. The number of thioether (sulfide) groups is 1. The minimum absolute atomic E-state index is 0.0390. The lowest BCUT2D eigenvalue weighted by atomic mass is 10.1. The van der Waals surface area contributed by atoms with Gasteiger partial charge in [0, 0.05) is 5.92 Å². The zero-order valence-corrected chi connectivity index (χ0v) is 19.9. The summed E-state index contributed by atoms with van der Waals surface area (Å²) in [5, 5.41) is 15.6. The van der Waals surface area contributed by atoms with Crippen molar-refractivity contribution in [1.29, 1.82) is 5.41 Å². The van der Waals surface area contributed by atoms with Gasteiger partial charge in [-0.15, -0.1) is 0 Å². The molecular weight excluding hydrogens is 436 g/mol. The Labute approximate surface area is 197 Å². The van der Waals surface area contributed by atoms with Crippen LogP contribution in [0.4, 0.5) is 0 Å². The Balaban J connectivity index is 1.37. The standard InChI is InChI=1S/C25H26N4O3S/c1-15(2)24-28-29-22(26)20(23(30)27-25(29)33-24)14-18-7-9-19(10-8-18)31-11-12-32-21-13-16(3)5-6-17(21)4/h5-10,13-15,26H,11-12H2,1-4H3/b20-14-,26-22?. The molecule has 2 aliphatic rings. The molecule has 0 aromatic heterocycles. The first-order valence-corrected chi connectivity index (χ1v) is 11.6. The van der Waals surface area contributed by atoms with Crippen LogP contribution in [0.15, 0.2) is 58.1 Å². The van der Waals surface area contributed by atoms with Crippen molar-refractivity contribution in [2.24, 2.45) is 16.0 Å². The molecule has 0 saturated heterocycles. The van der Waals surface area contributed by atoms with Crippen molar-refractivity contribution in [1.82, 2.24) is 5.01 Å². The maximum Gasteiger partial charge on any atom is 0.283 e. The van der Waals surface area contributed by atoms with Crippen LogP contribution in [0.3, 0.4) is 0 Å². The Morgan fingerprint density at radius 3 is 2.55 bits per heavy atom. The largest absolute Gasteiger partial charge is 0.490 e. The molecule has 0 unspecified atom stereocenters. The van der Waals surface area contributed by atoms with Crippen LogP contribution in [0.1, 0.15) is 30.5 Å². The number of hydrazone groups is 1. The zero-order chi connectivity index (χ0) is 23.5. The highest BCUT2D eigenvalue weighted by Gasteiger charge is 2.36. The lowest BCUT2D eigenvalue weighted by Crippen LogP contribution is -2.35. The molecule has 170 valence electrons. The summed E-state index contributed by atoms with van der Waals surface area (Å²) in [5.41, 5.74) is 3.24. The molecular formula is C25H26N4O3S. The number of amidine groups is 2. The number of hydrogen-bond donors (Lipinski definition) is 1. The molecule has 4 rings (SSSR count). The van der Waals surface area contributed by atoms with Gasteiger partial charge in [-0.2, -0.15) is 15.1 Å². The number of carbonyl (C=O) groups is 1. The quantitative estimate of drug-likeness (QED) is 0.460. The second-order valence-corrected chi connectivity index (χ2v) is 9.14. The number of fused-ring (bicyclic) bond motifs is 1. The molecule has 1 amide bonds. The van der Waals surface area contributed by atoms with E-state index in [1.54, 1.807) is 6.08 Å². The van der Waals surface area contributed by atoms with Crippen LogP contribution >= 0.6 is 11.8 Å². The van der Waals surface area contributed by atoms with Gasteiger partial charge in [-0.05, 0) is 66.6 Å². The molecule has 2 aliphatic heterocycles. The minimum Gasteiger partial charge on any atom is -0.490 e. The predicted molar refractivity (Wildman–Crippen MR) is 133 cm³/mol. The van der Waals surface area contributed by atoms with E-state index in [1.165, 1.54) is 16.8 Å². The topological polar surface area (TPSA) is 87.3 Å². The highest BCUT2D eigenvalue weighted by molar-refractivity contribution is 8.27. The zero-order valence-electron chi connectivity index (χ0n) is 19.1. The van der Waals surface area contributed by atoms with Gasteiger partial charge in [-0.1, -0.05) is 38.1 Å². The monoisotopic (exact) mass is 462 g/mol. The summed E-state index contributed by atoms with van der Waals surface area (Å²) in [6, 6.07) is 13.5. The summed E-state index contributed by atoms with van der Waals surface area (Å²) in [4.78, 5) is 16.6. The molecule has 8 heteroatoms. The van der Waals surface area contributed by atoms with Gasteiger partial charge in [0.25, 0.3) is 5.91 Å². The van der Waals surface area contributed by atoms with Crippen molar-refractivity contribution in [2.75, 3.05) is 13.2 Å². The molecule has 2 heterocycles. The first-order valence-electron chi connectivity index (χ1n) is 10.7. The summed E-state index contributed by atoms with van der Waals surface area (Å²) < 4.78 is 11.6. The summed E-state index contributed by atoms with van der Waals surface area (Å²) in [7, 11) is 0. The van der Waals surface area contributed by atoms with E-state index in [0.717, 1.165) is 27.5 Å². The fourth-order valence-electron chi connectivity index (χ4n) is 3.24. The third-order valence-corrected chi connectivity index (χ3v) is 6.32. The van der Waals surface area contributed by atoms with Gasteiger partial charge in [0.1, 0.15) is 29.8 Å². The lowest BCUT2D eigenvalue weighted by molar-refractivity contribution is -0.114. The van der Waals surface area contributed by atoms with Gasteiger partial charge in [0.05, 0.1) is 5.57 Å². The number of benzene rings is 2. The van der Waals surface area contributed by atoms with Crippen molar-refractivity contribution in [3.63, 3.8) is 0 Å². The van der Waals surface area contributed by atoms with E-state index >= 15 is 0 Å². The molecule has 1 N–H and O–H groups in total. The summed E-state index contributed by atoms with van der Waals surface area (Å²) in [6.07, 6.45) is 1.66. The number of hydrogen-bond acceptors (Lipinski definition) is 6. The van der Waals surface area contributed by atoms with Gasteiger partial charge >= 0.3 is 0 Å². The number of rotatable bonds is 7. The summed E-state index contributed by atoms with van der Waals surface area (Å²) in [5.74, 6) is 1.39. The molecule has 2 aromatic carbocycles. The highest BCUT2D eigenvalue weighted by atomic mass is 32.2. The molecule has 2 aromatic rings. The van der Waals surface area contributed by atoms with E-state index in [0.29, 0.717) is 24.1 Å². The molecule has 0 radical (unpaired) electrons. The number of nitrogens with zero attached hydrogens (tertiary/aromatic N) is 3. The fourth-order valence-corrected chi connectivity index (χ4v) is 4.13. The number of nitrogens with one attached hydrogen (secondary N) is 1. The number of amides is 1. The number of aryl methyl sites for hydroxylation is 2. The third kappa shape index (κ3) is 5.17. The summed E-state index contributed by atoms with van der Waals surface area (Å²) >= 11 is 1.34. The van der Waals surface area contributed by atoms with Gasteiger partial charge in [-0.3, -0.25) is 10.2 Å². The Morgan fingerprint density at radius 1 is 1.09 bits per heavy atom. The molecule has 33 heavy (non-hydrogen) atoms. The highest BCUT2D eigenvalue weighted by Crippen LogP contribution is 2.31. The molecule has 0 fully saturated rings. The molecule has 0 atom stereocenters. The average molecular weight is 463 g/mol. The summed E-state index contributed by atoms with van der Waals surface area (Å²) in [6.45, 7) is 8.95. The molecule has 0 saturated carbocycles. The van der Waals surface area contributed by atoms with Crippen molar-refractivity contribution >= 4 is 39.8 Å². The van der Waals surface area contributed by atoms with E-state index < -0.39 is 5.91 Å². The van der Waals surface area contributed by atoms with Crippen molar-refractivity contribution in [2.45, 2.75) is 27.7 Å². The van der Waals surface area contributed by atoms with E-state index in [9.17, 15) is 4.79 Å². The Bertz CT molecular complexity index is 1180. The minimum atomic E-state index is -0.428. The van der Waals surface area contributed by atoms with Gasteiger partial charge < -0.3 is 9.47 Å². The third-order valence-electron chi connectivity index (χ3n) is 5.11. The Hall–Kier alpha value is -3.39. The van der Waals surface area contributed by atoms with Crippen LogP contribution in [-0.2, 0) is 4.79 Å². The second-order valence-electron chi connectivity index (χ2n) is 8.15. The smallest absolute Gasteiger partial charge is 0.283 e. The predicted octanol–water partition coefficient (Wildman–Crippen LogP) is 5.04. The van der Waals surface area contributed by atoms with E-state index in [-0.39, 0.29) is 17.3 Å². The first kappa shape index (κ1) is 22.8. The van der Waals surface area contributed by atoms with Crippen LogP contribution in [0.25, 0.3) is 6.08 Å². The Kier molecular flexibility index (Phi) is 6.65. The number of aliphatic imine (C=N–C) groups is 1. The first-order chi connectivity index (χ1) is 15.8. The van der Waals surface area contributed by atoms with Crippen LogP contribution in [0, 0.1) is 25.2 Å². The molecule has 0 aliphatic carbocycles. The fraction of sp³-hybridized carbons (Fsp3) is 0.280. The second kappa shape index (κ2) is 9.62. The van der Waals surface area contributed by atoms with Crippen LogP contribution < -0.4 is 9.47 Å². The number of ether oxygens (including phenoxy) is 2. The van der Waals surface area contributed by atoms with E-state index in [4.69, 9.17) is 14.9 Å². The van der Waals surface area contributed by atoms with E-state index in [1.807, 2.05) is 64.1 Å². The van der Waals surface area contributed by atoms with Gasteiger partial charge in [0.15, 0.2) is 5.84 Å². The van der Waals surface area contributed by atoms with Crippen LogP contribution in [0.2, 0.25) is 0 Å². The van der Waals surface area contributed by atoms with Crippen molar-refractivity contribution in [3.05, 3.63) is 64.7 Å². The molecule has 7 nitrogen and oxygen atoms in total.